The molecule has 0 saturated heterocycles. The molecule has 2 atom stereocenters. The van der Waals surface area contributed by atoms with Crippen molar-refractivity contribution in [3.63, 3.8) is 0 Å². The molecule has 2 unspecified atom stereocenters. The summed E-state index contributed by atoms with van der Waals surface area (Å²) in [7, 11) is 0. The van der Waals surface area contributed by atoms with Gasteiger partial charge in [-0.25, -0.2) is 0 Å². The summed E-state index contributed by atoms with van der Waals surface area (Å²) < 4.78 is 37.2. The Bertz CT molecular complexity index is 369. The van der Waals surface area contributed by atoms with E-state index in [2.05, 4.69) is 0 Å². The number of nitrogens with two attached hydrogens (primary N) is 1. The minimum atomic E-state index is -4.25. The van der Waals surface area contributed by atoms with Gasteiger partial charge in [0.1, 0.15) is 0 Å². The van der Waals surface area contributed by atoms with Crippen LogP contribution in [0.3, 0.4) is 0 Å². The molecular weight excluding hydrogens is 227 g/mol. The Morgan fingerprint density at radius 3 is 2.24 bits per heavy atom. The average molecular weight is 243 g/mol. The lowest BCUT2D eigenvalue weighted by molar-refractivity contribution is -0.137. The van der Waals surface area contributed by atoms with Crippen molar-refractivity contribution in [1.82, 2.24) is 0 Å². The third-order valence-electron chi connectivity index (χ3n) is 3.42. The largest absolute Gasteiger partial charge is 0.416 e. The zero-order chi connectivity index (χ0) is 12.5. The van der Waals surface area contributed by atoms with Gasteiger partial charge in [0.2, 0.25) is 0 Å². The fraction of sp³-hybridized carbons (Fsp3) is 0.538. The topological polar surface area (TPSA) is 26.0 Å². The molecule has 4 heteroatoms. The second kappa shape index (κ2) is 4.69. The monoisotopic (exact) mass is 243 g/mol. The van der Waals surface area contributed by atoms with Crippen molar-refractivity contribution in [3.05, 3.63) is 35.4 Å². The average Bonchev–Trinajstić information content (AvgIpc) is 2.28. The lowest BCUT2D eigenvalue weighted by Crippen LogP contribution is -2.26. The van der Waals surface area contributed by atoms with E-state index in [1.54, 1.807) is 12.1 Å². The van der Waals surface area contributed by atoms with E-state index in [-0.39, 0.29) is 6.04 Å². The predicted octanol–water partition coefficient (Wildman–Crippen LogP) is 3.69. The van der Waals surface area contributed by atoms with Crippen LogP contribution >= 0.6 is 0 Å². The summed E-state index contributed by atoms with van der Waals surface area (Å²) in [5, 5.41) is 0. The van der Waals surface area contributed by atoms with Gasteiger partial charge in [0, 0.05) is 6.04 Å². The Labute approximate surface area is 98.8 Å². The molecule has 94 valence electrons. The quantitative estimate of drug-likeness (QED) is 0.799. The Balaban J connectivity index is 2.12. The van der Waals surface area contributed by atoms with Crippen LogP contribution in [0.5, 0.6) is 0 Å². The van der Waals surface area contributed by atoms with Crippen molar-refractivity contribution in [2.45, 2.75) is 43.8 Å². The molecule has 1 aromatic carbocycles. The van der Waals surface area contributed by atoms with E-state index in [9.17, 15) is 13.2 Å². The molecule has 1 aromatic rings. The Morgan fingerprint density at radius 2 is 1.71 bits per heavy atom. The van der Waals surface area contributed by atoms with Gasteiger partial charge in [-0.2, -0.15) is 13.2 Å². The Hall–Kier alpha value is -1.03. The highest BCUT2D eigenvalue weighted by atomic mass is 19.4. The number of benzene rings is 1. The standard InChI is InChI=1S/C13H16F3N/c14-13(15,16)11-6-4-9(5-7-11)10-2-1-3-12(17)8-10/h4-7,10,12H,1-3,8,17H2. The highest BCUT2D eigenvalue weighted by Crippen LogP contribution is 2.34. The van der Waals surface area contributed by atoms with Crippen molar-refractivity contribution < 1.29 is 13.2 Å². The highest BCUT2D eigenvalue weighted by Gasteiger charge is 2.30. The maximum atomic E-state index is 12.4. The van der Waals surface area contributed by atoms with Gasteiger partial charge < -0.3 is 5.73 Å². The van der Waals surface area contributed by atoms with Gasteiger partial charge in [-0.15, -0.1) is 0 Å². The van der Waals surface area contributed by atoms with E-state index in [1.807, 2.05) is 0 Å². The number of hydrogen-bond donors (Lipinski definition) is 1. The summed E-state index contributed by atoms with van der Waals surface area (Å²) in [6.45, 7) is 0. The van der Waals surface area contributed by atoms with Crippen LogP contribution < -0.4 is 5.73 Å². The van der Waals surface area contributed by atoms with E-state index in [0.717, 1.165) is 43.4 Å². The minimum Gasteiger partial charge on any atom is -0.328 e. The molecule has 1 aliphatic rings. The highest BCUT2D eigenvalue weighted by molar-refractivity contribution is 5.27. The van der Waals surface area contributed by atoms with Crippen molar-refractivity contribution >= 4 is 0 Å². The maximum Gasteiger partial charge on any atom is 0.416 e. The molecule has 1 fully saturated rings. The SMILES string of the molecule is NC1CCCC(c2ccc(C(F)(F)F)cc2)C1. The van der Waals surface area contributed by atoms with E-state index < -0.39 is 11.7 Å². The first-order chi connectivity index (χ1) is 7.97. The van der Waals surface area contributed by atoms with E-state index >= 15 is 0 Å². The predicted molar refractivity (Wildman–Crippen MR) is 60.6 cm³/mol. The summed E-state index contributed by atoms with van der Waals surface area (Å²) in [6, 6.07) is 5.69. The second-order valence-electron chi connectivity index (χ2n) is 4.74. The molecule has 0 bridgehead atoms. The zero-order valence-corrected chi connectivity index (χ0v) is 9.50. The first-order valence-electron chi connectivity index (χ1n) is 5.89. The third kappa shape index (κ3) is 3.00. The molecule has 0 spiro atoms. The van der Waals surface area contributed by atoms with Gasteiger partial charge >= 0.3 is 6.18 Å². The summed E-state index contributed by atoms with van der Waals surface area (Å²) in [4.78, 5) is 0. The molecule has 17 heavy (non-hydrogen) atoms. The molecule has 0 heterocycles. The van der Waals surface area contributed by atoms with Gasteiger partial charge in [0.25, 0.3) is 0 Å². The number of halogens is 3. The van der Waals surface area contributed by atoms with Crippen molar-refractivity contribution in [2.24, 2.45) is 5.73 Å². The van der Waals surface area contributed by atoms with Crippen LogP contribution in [0.15, 0.2) is 24.3 Å². The molecule has 2 rings (SSSR count). The minimum absolute atomic E-state index is 0.191. The van der Waals surface area contributed by atoms with Crippen LogP contribution in [-0.4, -0.2) is 6.04 Å². The molecular formula is C13H16F3N. The molecule has 0 amide bonds. The first kappa shape index (κ1) is 12.4. The van der Waals surface area contributed by atoms with Gasteiger partial charge in [-0.05, 0) is 42.9 Å². The van der Waals surface area contributed by atoms with Crippen molar-refractivity contribution in [3.8, 4) is 0 Å². The van der Waals surface area contributed by atoms with Crippen LogP contribution in [0.25, 0.3) is 0 Å². The molecule has 0 aromatic heterocycles. The summed E-state index contributed by atoms with van der Waals surface area (Å²) in [5.41, 5.74) is 6.28. The fourth-order valence-corrected chi connectivity index (χ4v) is 2.47. The molecule has 1 saturated carbocycles. The second-order valence-corrected chi connectivity index (χ2v) is 4.74. The van der Waals surface area contributed by atoms with Gasteiger partial charge in [-0.1, -0.05) is 18.6 Å². The number of hydrogen-bond acceptors (Lipinski definition) is 1. The van der Waals surface area contributed by atoms with Gasteiger partial charge in [-0.3, -0.25) is 0 Å². The summed E-state index contributed by atoms with van der Waals surface area (Å²) in [6.07, 6.45) is -0.254. The Kier molecular flexibility index (Phi) is 3.43. The van der Waals surface area contributed by atoms with E-state index in [0.29, 0.717) is 5.92 Å². The molecule has 1 aliphatic carbocycles. The van der Waals surface area contributed by atoms with E-state index in [4.69, 9.17) is 5.73 Å². The molecule has 0 aliphatic heterocycles. The molecule has 2 N–H and O–H groups in total. The van der Waals surface area contributed by atoms with E-state index in [1.165, 1.54) is 0 Å². The lowest BCUT2D eigenvalue weighted by atomic mass is 9.81. The molecule has 1 nitrogen and oxygen atoms in total. The van der Waals surface area contributed by atoms with Crippen molar-refractivity contribution in [1.29, 1.82) is 0 Å². The number of rotatable bonds is 1. The number of alkyl halides is 3. The lowest BCUT2D eigenvalue weighted by Gasteiger charge is -2.27. The van der Waals surface area contributed by atoms with Crippen LogP contribution in [-0.2, 0) is 6.18 Å². The molecule has 0 radical (unpaired) electrons. The Morgan fingerprint density at radius 1 is 1.06 bits per heavy atom. The zero-order valence-electron chi connectivity index (χ0n) is 9.50. The fourth-order valence-electron chi connectivity index (χ4n) is 2.47. The normalized spacial score (nSPS) is 25.9. The smallest absolute Gasteiger partial charge is 0.328 e. The summed E-state index contributed by atoms with van der Waals surface area (Å²) in [5.74, 6) is 0.320. The first-order valence-corrected chi connectivity index (χ1v) is 5.89. The van der Waals surface area contributed by atoms with Crippen molar-refractivity contribution in [2.75, 3.05) is 0 Å². The van der Waals surface area contributed by atoms with Gasteiger partial charge in [0.05, 0.1) is 5.56 Å². The van der Waals surface area contributed by atoms with Crippen LogP contribution in [0.2, 0.25) is 0 Å². The van der Waals surface area contributed by atoms with Crippen LogP contribution in [0, 0.1) is 0 Å². The summed E-state index contributed by atoms with van der Waals surface area (Å²) >= 11 is 0. The maximum absolute atomic E-state index is 12.4. The third-order valence-corrected chi connectivity index (χ3v) is 3.42. The van der Waals surface area contributed by atoms with Crippen LogP contribution in [0.4, 0.5) is 13.2 Å². The van der Waals surface area contributed by atoms with Gasteiger partial charge in [0.15, 0.2) is 0 Å². The van der Waals surface area contributed by atoms with Crippen LogP contribution in [0.1, 0.15) is 42.7 Å².